The lowest BCUT2D eigenvalue weighted by atomic mass is 10.00. The van der Waals surface area contributed by atoms with Crippen molar-refractivity contribution >= 4 is 16.7 Å². The highest BCUT2D eigenvalue weighted by atomic mass is 16.5. The molecule has 3 aromatic rings. The fourth-order valence-corrected chi connectivity index (χ4v) is 3.04. The Morgan fingerprint density at radius 1 is 1.13 bits per heavy atom. The lowest BCUT2D eigenvalue weighted by molar-refractivity contribution is 0.0126. The first kappa shape index (κ1) is 14.1. The van der Waals surface area contributed by atoms with Crippen molar-refractivity contribution in [3.63, 3.8) is 0 Å². The molecule has 1 atom stereocenters. The van der Waals surface area contributed by atoms with Crippen LogP contribution in [0.5, 0.6) is 0 Å². The summed E-state index contributed by atoms with van der Waals surface area (Å²) in [6, 6.07) is 10.1. The van der Waals surface area contributed by atoms with Gasteiger partial charge in [-0.2, -0.15) is 0 Å². The van der Waals surface area contributed by atoms with Crippen LogP contribution in [0.4, 0.5) is 5.82 Å². The van der Waals surface area contributed by atoms with Crippen LogP contribution in [0, 0.1) is 0 Å². The summed E-state index contributed by atoms with van der Waals surface area (Å²) in [5.41, 5.74) is 9.53. The average molecular weight is 306 g/mol. The Hall–Kier alpha value is -2.53. The molecule has 1 fully saturated rings. The summed E-state index contributed by atoms with van der Waals surface area (Å²) in [6.45, 7) is 0.766. The molecule has 4 rings (SSSR count). The van der Waals surface area contributed by atoms with Crippen LogP contribution >= 0.6 is 0 Å². The smallest absolute Gasteiger partial charge is 0.142 e. The summed E-state index contributed by atoms with van der Waals surface area (Å²) < 4.78 is 5.90. The summed E-state index contributed by atoms with van der Waals surface area (Å²) in [7, 11) is 0. The quantitative estimate of drug-likeness (QED) is 0.784. The fraction of sp³-hybridized carbons (Fsp3) is 0.278. The van der Waals surface area contributed by atoms with Crippen molar-refractivity contribution < 1.29 is 4.74 Å². The van der Waals surface area contributed by atoms with Gasteiger partial charge in [0.25, 0.3) is 0 Å². The summed E-state index contributed by atoms with van der Waals surface area (Å²) in [4.78, 5) is 13.4. The maximum absolute atomic E-state index is 5.90. The molecule has 1 aromatic carbocycles. The first-order valence-corrected chi connectivity index (χ1v) is 7.90. The highest BCUT2D eigenvalue weighted by Crippen LogP contribution is 2.33. The number of anilines is 1. The third-order valence-electron chi connectivity index (χ3n) is 4.18. The number of nitrogen functional groups attached to an aromatic ring is 1. The third-order valence-corrected chi connectivity index (χ3v) is 4.18. The van der Waals surface area contributed by atoms with Crippen LogP contribution in [0.1, 0.15) is 31.1 Å². The van der Waals surface area contributed by atoms with Gasteiger partial charge in [0.05, 0.1) is 23.1 Å². The minimum atomic E-state index is -0.0284. The van der Waals surface area contributed by atoms with E-state index in [1.165, 1.54) is 0 Å². The van der Waals surface area contributed by atoms with Crippen LogP contribution < -0.4 is 5.73 Å². The molecule has 2 N–H and O–H groups in total. The van der Waals surface area contributed by atoms with E-state index in [0.717, 1.165) is 53.7 Å². The van der Waals surface area contributed by atoms with Crippen LogP contribution in [0.2, 0.25) is 0 Å². The van der Waals surface area contributed by atoms with Gasteiger partial charge >= 0.3 is 0 Å². The molecule has 1 aliphatic heterocycles. The van der Waals surface area contributed by atoms with Crippen LogP contribution in [-0.2, 0) is 4.74 Å². The van der Waals surface area contributed by atoms with E-state index in [2.05, 4.69) is 21.0 Å². The summed E-state index contributed by atoms with van der Waals surface area (Å²) in [6.07, 6.45) is 6.58. The fourth-order valence-electron chi connectivity index (χ4n) is 3.04. The first-order chi connectivity index (χ1) is 11.3. The first-order valence-electron chi connectivity index (χ1n) is 7.90. The molecule has 0 amide bonds. The Morgan fingerprint density at radius 3 is 2.96 bits per heavy atom. The second-order valence-corrected chi connectivity index (χ2v) is 5.79. The van der Waals surface area contributed by atoms with Gasteiger partial charge in [-0.05, 0) is 37.5 Å². The van der Waals surface area contributed by atoms with Gasteiger partial charge in [0.15, 0.2) is 0 Å². The molecule has 1 unspecified atom stereocenters. The molecule has 5 nitrogen and oxygen atoms in total. The number of aromatic nitrogens is 3. The Balaban J connectivity index is 1.83. The molecule has 0 radical (unpaired) electrons. The molecular formula is C18H18N4O. The molecule has 3 heterocycles. The van der Waals surface area contributed by atoms with Gasteiger partial charge in [-0.15, -0.1) is 0 Å². The Labute approximate surface area is 134 Å². The molecule has 2 aromatic heterocycles. The van der Waals surface area contributed by atoms with E-state index in [1.807, 2.05) is 24.3 Å². The molecule has 1 saturated heterocycles. The van der Waals surface area contributed by atoms with Gasteiger partial charge in [-0.1, -0.05) is 12.1 Å². The zero-order chi connectivity index (χ0) is 15.6. The monoisotopic (exact) mass is 306 g/mol. The van der Waals surface area contributed by atoms with Gasteiger partial charge in [0.1, 0.15) is 11.9 Å². The van der Waals surface area contributed by atoms with Gasteiger partial charge in [-0.25, -0.2) is 4.98 Å². The third kappa shape index (κ3) is 2.75. The second-order valence-electron chi connectivity index (χ2n) is 5.79. The zero-order valence-electron chi connectivity index (χ0n) is 12.8. The predicted octanol–water partition coefficient (Wildman–Crippen LogP) is 3.52. The molecule has 116 valence electrons. The minimum absolute atomic E-state index is 0.0284. The van der Waals surface area contributed by atoms with E-state index in [9.17, 15) is 0 Å². The number of nitrogens with zero attached hydrogens (tertiary/aromatic N) is 3. The topological polar surface area (TPSA) is 73.9 Å². The largest absolute Gasteiger partial charge is 0.382 e. The molecular weight excluding hydrogens is 288 g/mol. The number of ether oxygens (including phenoxy) is 1. The molecule has 0 bridgehead atoms. The van der Waals surface area contributed by atoms with Crippen LogP contribution in [-0.4, -0.2) is 21.6 Å². The predicted molar refractivity (Wildman–Crippen MR) is 89.7 cm³/mol. The van der Waals surface area contributed by atoms with Crippen LogP contribution in [0.25, 0.3) is 22.2 Å². The molecule has 0 aliphatic carbocycles. The van der Waals surface area contributed by atoms with Crippen molar-refractivity contribution in [2.24, 2.45) is 0 Å². The Morgan fingerprint density at radius 2 is 2.09 bits per heavy atom. The molecule has 23 heavy (non-hydrogen) atoms. The maximum Gasteiger partial charge on any atom is 0.142 e. The summed E-state index contributed by atoms with van der Waals surface area (Å²) in [5, 5.41) is 1.08. The van der Waals surface area contributed by atoms with Crippen molar-refractivity contribution in [2.75, 3.05) is 12.3 Å². The number of fused-ring (bicyclic) bond motifs is 1. The zero-order valence-corrected chi connectivity index (χ0v) is 12.8. The molecule has 5 heteroatoms. The van der Waals surface area contributed by atoms with Crippen LogP contribution in [0.3, 0.4) is 0 Å². The van der Waals surface area contributed by atoms with E-state index in [-0.39, 0.29) is 6.10 Å². The lowest BCUT2D eigenvalue weighted by Crippen LogP contribution is -2.15. The van der Waals surface area contributed by atoms with Crippen molar-refractivity contribution in [1.82, 2.24) is 15.0 Å². The lowest BCUT2D eigenvalue weighted by Gasteiger charge is -2.23. The normalized spacial score (nSPS) is 18.2. The maximum atomic E-state index is 5.90. The van der Waals surface area contributed by atoms with Gasteiger partial charge in [0, 0.05) is 23.8 Å². The van der Waals surface area contributed by atoms with E-state index in [1.54, 1.807) is 12.4 Å². The van der Waals surface area contributed by atoms with Gasteiger partial charge < -0.3 is 10.5 Å². The number of nitrogens with two attached hydrogens (primary N) is 1. The summed E-state index contributed by atoms with van der Waals surface area (Å²) in [5.74, 6) is 0.431. The number of pyridine rings is 1. The standard InChI is InChI=1S/C18H18N4O/c19-16-11-21-17(18(22-16)15-5-1-2-9-23-15)13-6-7-14-12(10-13)4-3-8-20-14/h3-4,6-8,10-11,15H,1-2,5,9H2,(H2,19,22). The van der Waals surface area contributed by atoms with Crippen molar-refractivity contribution in [3.05, 3.63) is 48.4 Å². The van der Waals surface area contributed by atoms with Gasteiger partial charge in [-0.3, -0.25) is 9.97 Å². The number of rotatable bonds is 2. The number of hydrogen-bond acceptors (Lipinski definition) is 5. The molecule has 1 aliphatic rings. The van der Waals surface area contributed by atoms with Crippen molar-refractivity contribution in [1.29, 1.82) is 0 Å². The second kappa shape index (κ2) is 5.93. The van der Waals surface area contributed by atoms with E-state index >= 15 is 0 Å². The summed E-state index contributed by atoms with van der Waals surface area (Å²) >= 11 is 0. The Bertz CT molecular complexity index is 843. The molecule has 0 spiro atoms. The van der Waals surface area contributed by atoms with Crippen molar-refractivity contribution in [3.8, 4) is 11.3 Å². The van der Waals surface area contributed by atoms with E-state index < -0.39 is 0 Å². The van der Waals surface area contributed by atoms with Crippen LogP contribution in [0.15, 0.2) is 42.7 Å². The minimum Gasteiger partial charge on any atom is -0.382 e. The van der Waals surface area contributed by atoms with Crippen molar-refractivity contribution in [2.45, 2.75) is 25.4 Å². The SMILES string of the molecule is Nc1cnc(-c2ccc3ncccc3c2)c(C2CCCCO2)n1. The van der Waals surface area contributed by atoms with E-state index in [0.29, 0.717) is 5.82 Å². The number of hydrogen-bond donors (Lipinski definition) is 1. The van der Waals surface area contributed by atoms with Gasteiger partial charge in [0.2, 0.25) is 0 Å². The highest BCUT2D eigenvalue weighted by molar-refractivity contribution is 5.84. The average Bonchev–Trinajstić information content (AvgIpc) is 2.62. The van der Waals surface area contributed by atoms with E-state index in [4.69, 9.17) is 10.5 Å². The highest BCUT2D eigenvalue weighted by Gasteiger charge is 2.22. The number of benzene rings is 1. The Kier molecular flexibility index (Phi) is 3.63. The molecule has 0 saturated carbocycles.